The minimum absolute atomic E-state index is 0.0160. The molecule has 492 valence electrons. The molecule has 0 aliphatic carbocycles. The third kappa shape index (κ3) is 24.7. The number of carbonyl (C=O) groups excluding carboxylic acids is 9. The molecule has 1 aliphatic rings. The van der Waals surface area contributed by atoms with Gasteiger partial charge in [0.1, 0.15) is 59.8 Å². The van der Waals surface area contributed by atoms with Crippen molar-refractivity contribution in [2.24, 2.45) is 28.1 Å². The van der Waals surface area contributed by atoms with Gasteiger partial charge in [-0.05, 0) is 112 Å². The van der Waals surface area contributed by atoms with E-state index in [1.807, 2.05) is 0 Å². The van der Waals surface area contributed by atoms with Crippen molar-refractivity contribution >= 4 is 71.1 Å². The van der Waals surface area contributed by atoms with E-state index in [0.29, 0.717) is 61.9 Å². The largest absolute Gasteiger partial charge is 0.508 e. The number of phenolic OH excluding ortho intramolecular Hbond substituents is 2. The molecule has 29 heteroatoms. The number of carboxylic acid groups (broad SMARTS) is 2. The number of benzene rings is 3. The Labute approximate surface area is 522 Å². The SMILES string of the molecule is CC[C@H](C)[C@H](NC(=O)[C@H](Cc1ccccc1)NC(=O)[C@H](C)NC(=O)[C@H](Cc1ccc(O)cc1)NC(=O)CNC(=O)C(CCCN=C(N)N)NC(=O)[C@H]1CCCN1C(=O)[C@H](CCCCN)NC)C(=O)N[C@@H](CCC(=O)O)C(=O)N[C@@H](Cc1ccc(O)cc1)C(=O)O. The molecule has 4 rings (SSSR count). The molecule has 90 heavy (non-hydrogen) atoms. The minimum atomic E-state index is -1.60. The van der Waals surface area contributed by atoms with Crippen LogP contribution in [0.25, 0.3) is 0 Å². The standard InChI is InChI=1S/C61H88N14O15/c1-5-35(2)51(58(87)71-43(26-27-50(79)80)54(83)73-47(60(89)90)33-39-20-24-41(77)25-21-39)74-56(85)46(31-37-13-7-6-8-14-37)72-52(81)36(3)68-55(84)45(32-38-18-22-40(76)23-19-38)69-49(78)34-67-53(82)42(16-11-29-66-61(63)64)70-57(86)48-17-12-30-75(48)59(88)44(65-4)15-9-10-28-62/h6-8,13-14,18-25,35-36,42-48,51,65,76-77H,5,9-12,15-17,26-34,62H2,1-4H3,(H,67,82)(H,68,84)(H,69,78)(H,70,86)(H,71,87)(H,72,81)(H,73,83)(H,74,85)(H,79,80)(H,89,90)(H4,63,64,66)/t35-,36-,42?,43-,44-,45-,46-,47-,48+,51-/m0/s1. The molecule has 1 aliphatic heterocycles. The Morgan fingerprint density at radius 3 is 1.70 bits per heavy atom. The van der Waals surface area contributed by atoms with E-state index in [2.05, 4.69) is 52.8 Å². The molecule has 1 heterocycles. The Bertz CT molecular complexity index is 2930. The summed E-state index contributed by atoms with van der Waals surface area (Å²) < 4.78 is 0. The first-order chi connectivity index (χ1) is 42.8. The maximum Gasteiger partial charge on any atom is 0.326 e. The second-order valence-electron chi connectivity index (χ2n) is 22.2. The average molecular weight is 1260 g/mol. The number of phenols is 2. The van der Waals surface area contributed by atoms with E-state index in [-0.39, 0.29) is 68.4 Å². The van der Waals surface area contributed by atoms with Gasteiger partial charge in [0.2, 0.25) is 53.2 Å². The van der Waals surface area contributed by atoms with Gasteiger partial charge in [-0.15, -0.1) is 0 Å². The summed E-state index contributed by atoms with van der Waals surface area (Å²) in [6, 6.07) is 8.23. The predicted octanol–water partition coefficient (Wildman–Crippen LogP) is -1.59. The van der Waals surface area contributed by atoms with E-state index in [0.717, 1.165) is 0 Å². The number of hydrogen-bond acceptors (Lipinski definition) is 16. The molecular formula is C61H88N14O15. The number of nitrogens with zero attached hydrogens (tertiary/aromatic N) is 2. The van der Waals surface area contributed by atoms with Crippen LogP contribution in [0.3, 0.4) is 0 Å². The highest BCUT2D eigenvalue weighted by atomic mass is 16.4. The van der Waals surface area contributed by atoms with Crippen molar-refractivity contribution in [2.75, 3.05) is 33.2 Å². The number of likely N-dealkylation sites (N-methyl/N-ethyl adjacent to an activating group) is 1. The number of hydrogen-bond donors (Lipinski definition) is 16. The molecule has 19 N–H and O–H groups in total. The van der Waals surface area contributed by atoms with Crippen LogP contribution in [-0.2, 0) is 72.0 Å². The number of nitrogens with one attached hydrogen (secondary N) is 9. The lowest BCUT2D eigenvalue weighted by molar-refractivity contribution is -0.143. The van der Waals surface area contributed by atoms with Crippen LogP contribution in [0.4, 0.5) is 0 Å². The van der Waals surface area contributed by atoms with E-state index < -0.39 is 139 Å². The third-order valence-corrected chi connectivity index (χ3v) is 15.2. The van der Waals surface area contributed by atoms with Gasteiger partial charge in [0.05, 0.1) is 12.6 Å². The Morgan fingerprint density at radius 2 is 1.13 bits per heavy atom. The van der Waals surface area contributed by atoms with Crippen molar-refractivity contribution in [1.29, 1.82) is 0 Å². The number of guanidine groups is 1. The van der Waals surface area contributed by atoms with Gasteiger partial charge >= 0.3 is 11.9 Å². The summed E-state index contributed by atoms with van der Waals surface area (Å²) in [7, 11) is 1.66. The molecule has 0 bridgehead atoms. The fourth-order valence-electron chi connectivity index (χ4n) is 9.87. The van der Waals surface area contributed by atoms with Crippen LogP contribution < -0.4 is 65.1 Å². The second kappa shape index (κ2) is 37.5. The number of carbonyl (C=O) groups is 11. The number of aliphatic carboxylic acids is 2. The zero-order chi connectivity index (χ0) is 66.5. The van der Waals surface area contributed by atoms with Crippen LogP contribution in [0.1, 0.15) is 102 Å². The molecule has 29 nitrogen and oxygen atoms in total. The first-order valence-electron chi connectivity index (χ1n) is 30.0. The normalized spacial score (nSPS) is 15.7. The number of amides is 9. The Balaban J connectivity index is 1.51. The summed E-state index contributed by atoms with van der Waals surface area (Å²) in [4.78, 5) is 155. The van der Waals surface area contributed by atoms with Gasteiger partial charge in [-0.25, -0.2) is 4.79 Å². The molecule has 0 spiro atoms. The maximum absolute atomic E-state index is 14.5. The topological polar surface area (TPSA) is 471 Å². The monoisotopic (exact) mass is 1260 g/mol. The summed E-state index contributed by atoms with van der Waals surface area (Å²) in [5.41, 5.74) is 18.1. The van der Waals surface area contributed by atoms with E-state index in [1.54, 1.807) is 51.2 Å². The summed E-state index contributed by atoms with van der Waals surface area (Å²) in [5, 5.41) is 62.8. The third-order valence-electron chi connectivity index (χ3n) is 15.2. The molecule has 0 saturated carbocycles. The minimum Gasteiger partial charge on any atom is -0.508 e. The quantitative estimate of drug-likeness (QED) is 0.0175. The number of aliphatic imine (C=N–C) groups is 1. The summed E-state index contributed by atoms with van der Waals surface area (Å²) in [5.74, 6) is -10.9. The Kier molecular flexibility index (Phi) is 30.4. The first-order valence-corrected chi connectivity index (χ1v) is 30.0. The molecule has 1 fully saturated rings. The van der Waals surface area contributed by atoms with E-state index >= 15 is 0 Å². The number of likely N-dealkylation sites (tertiary alicyclic amines) is 1. The lowest BCUT2D eigenvalue weighted by atomic mass is 9.96. The summed E-state index contributed by atoms with van der Waals surface area (Å²) in [6.45, 7) is 4.83. The fraction of sp³-hybridized carbons (Fsp3) is 0.508. The highest BCUT2D eigenvalue weighted by molar-refractivity contribution is 5.98. The van der Waals surface area contributed by atoms with Gasteiger partial charge in [-0.1, -0.05) is 81.3 Å². The number of nitrogens with two attached hydrogens (primary N) is 3. The average Bonchev–Trinajstić information content (AvgIpc) is 2.49. The molecule has 0 aromatic heterocycles. The van der Waals surface area contributed by atoms with Gasteiger partial charge in [0, 0.05) is 38.8 Å². The Hall–Kier alpha value is -9.38. The van der Waals surface area contributed by atoms with Crippen molar-refractivity contribution in [3.8, 4) is 11.5 Å². The van der Waals surface area contributed by atoms with Gasteiger partial charge in [-0.3, -0.25) is 52.9 Å². The molecule has 10 atom stereocenters. The van der Waals surface area contributed by atoms with Crippen LogP contribution in [0, 0.1) is 5.92 Å². The smallest absolute Gasteiger partial charge is 0.326 e. The van der Waals surface area contributed by atoms with E-state index in [1.165, 1.54) is 60.4 Å². The van der Waals surface area contributed by atoms with Crippen molar-refractivity contribution < 1.29 is 73.2 Å². The van der Waals surface area contributed by atoms with Crippen LogP contribution >= 0.6 is 0 Å². The van der Waals surface area contributed by atoms with Crippen LogP contribution in [0.2, 0.25) is 0 Å². The number of aromatic hydroxyl groups is 2. The molecule has 1 unspecified atom stereocenters. The zero-order valence-corrected chi connectivity index (χ0v) is 51.2. The molecule has 0 radical (unpaired) electrons. The van der Waals surface area contributed by atoms with Crippen LogP contribution in [-0.4, -0.2) is 184 Å². The highest BCUT2D eigenvalue weighted by Gasteiger charge is 2.39. The van der Waals surface area contributed by atoms with Crippen molar-refractivity contribution in [3.05, 3.63) is 95.6 Å². The molecule has 9 amide bonds. The molecule has 1 saturated heterocycles. The van der Waals surface area contributed by atoms with Crippen LogP contribution in [0.5, 0.6) is 11.5 Å². The first kappa shape index (κ1) is 73.1. The maximum atomic E-state index is 14.5. The van der Waals surface area contributed by atoms with Crippen LogP contribution in [0.15, 0.2) is 83.9 Å². The van der Waals surface area contributed by atoms with Crippen molar-refractivity contribution in [1.82, 2.24) is 52.8 Å². The lowest BCUT2D eigenvalue weighted by Gasteiger charge is -2.29. The Morgan fingerprint density at radius 1 is 0.600 bits per heavy atom. The molecule has 3 aromatic rings. The zero-order valence-electron chi connectivity index (χ0n) is 51.2. The molecule has 3 aromatic carbocycles. The van der Waals surface area contributed by atoms with Gasteiger partial charge < -0.3 is 90.4 Å². The van der Waals surface area contributed by atoms with Gasteiger partial charge in [0.25, 0.3) is 0 Å². The summed E-state index contributed by atoms with van der Waals surface area (Å²) in [6.07, 6.45) is 1.64. The number of rotatable bonds is 38. The van der Waals surface area contributed by atoms with Crippen molar-refractivity contribution in [2.45, 2.75) is 159 Å². The predicted molar refractivity (Wildman–Crippen MR) is 330 cm³/mol. The van der Waals surface area contributed by atoms with E-state index in [9.17, 15) is 73.2 Å². The summed E-state index contributed by atoms with van der Waals surface area (Å²) >= 11 is 0. The van der Waals surface area contributed by atoms with E-state index in [4.69, 9.17) is 17.2 Å². The number of unbranched alkanes of at least 4 members (excludes halogenated alkanes) is 1. The second-order valence-corrected chi connectivity index (χ2v) is 22.2. The van der Waals surface area contributed by atoms with Gasteiger partial charge in [-0.2, -0.15) is 0 Å². The lowest BCUT2D eigenvalue weighted by Crippen LogP contribution is -2.61. The van der Waals surface area contributed by atoms with Gasteiger partial charge in [0.15, 0.2) is 5.96 Å². The fourth-order valence-corrected chi connectivity index (χ4v) is 9.87. The molecular weight excluding hydrogens is 1170 g/mol. The van der Waals surface area contributed by atoms with Crippen molar-refractivity contribution in [3.63, 3.8) is 0 Å². The number of carboxylic acids is 2. The highest BCUT2D eigenvalue weighted by Crippen LogP contribution is 2.21.